The highest BCUT2D eigenvalue weighted by atomic mass is 32.2. The Balaban J connectivity index is 2.20. The molecule has 0 aliphatic carbocycles. The molecule has 0 radical (unpaired) electrons. The minimum absolute atomic E-state index is 0.152. The zero-order valence-corrected chi connectivity index (χ0v) is 14.0. The Bertz CT molecular complexity index is 641. The second-order valence-corrected chi connectivity index (χ2v) is 5.75. The summed E-state index contributed by atoms with van der Waals surface area (Å²) in [5, 5.41) is 3.62. The molecule has 5 heteroatoms. The van der Waals surface area contributed by atoms with Gasteiger partial charge in [0.15, 0.2) is 5.16 Å². The number of nitrogens with zero attached hydrogens (tertiary/aromatic N) is 2. The molecular formula is C17H21N3OS. The highest BCUT2D eigenvalue weighted by Gasteiger charge is 2.14. The van der Waals surface area contributed by atoms with Gasteiger partial charge in [0.25, 0.3) is 5.91 Å². The lowest BCUT2D eigenvalue weighted by Crippen LogP contribution is -2.16. The van der Waals surface area contributed by atoms with E-state index < -0.39 is 0 Å². The summed E-state index contributed by atoms with van der Waals surface area (Å²) in [6.45, 7) is 4.18. The van der Waals surface area contributed by atoms with Gasteiger partial charge in [-0.1, -0.05) is 44.2 Å². The molecule has 116 valence electrons. The molecule has 0 spiro atoms. The van der Waals surface area contributed by atoms with Crippen molar-refractivity contribution in [3.8, 4) is 0 Å². The van der Waals surface area contributed by atoms with E-state index in [9.17, 15) is 4.79 Å². The van der Waals surface area contributed by atoms with Crippen LogP contribution in [0.4, 0.5) is 5.69 Å². The van der Waals surface area contributed by atoms with Crippen LogP contribution >= 0.6 is 11.8 Å². The van der Waals surface area contributed by atoms with Crippen molar-refractivity contribution >= 4 is 23.4 Å². The van der Waals surface area contributed by atoms with Crippen LogP contribution in [0, 0.1) is 0 Å². The van der Waals surface area contributed by atoms with Gasteiger partial charge >= 0.3 is 0 Å². The van der Waals surface area contributed by atoms with Crippen LogP contribution < -0.4 is 5.32 Å². The van der Waals surface area contributed by atoms with E-state index in [-0.39, 0.29) is 5.91 Å². The first kappa shape index (κ1) is 16.5. The molecule has 0 aliphatic heterocycles. The summed E-state index contributed by atoms with van der Waals surface area (Å²) in [5.41, 5.74) is 3.40. The van der Waals surface area contributed by atoms with Gasteiger partial charge in [-0.2, -0.15) is 0 Å². The van der Waals surface area contributed by atoms with Crippen molar-refractivity contribution in [2.75, 3.05) is 11.6 Å². The molecule has 1 aromatic heterocycles. The molecule has 0 saturated carbocycles. The number of thioether (sulfide) groups is 1. The number of carbonyl (C=O) groups is 1. The van der Waals surface area contributed by atoms with E-state index in [0.29, 0.717) is 10.7 Å². The van der Waals surface area contributed by atoms with Gasteiger partial charge in [-0.05, 0) is 36.8 Å². The van der Waals surface area contributed by atoms with Crippen LogP contribution in [0.1, 0.15) is 41.9 Å². The van der Waals surface area contributed by atoms with Crippen LogP contribution in [-0.2, 0) is 12.8 Å². The standard InChI is InChI=1S/C17H21N3OS/c1-4-6-15-14(11-18-17(20-15)22-3)16(21)19-13-9-7-12(5-2)8-10-13/h7-11H,4-6H2,1-3H3,(H,19,21). The van der Waals surface area contributed by atoms with E-state index in [1.165, 1.54) is 17.3 Å². The van der Waals surface area contributed by atoms with Crippen LogP contribution in [0.3, 0.4) is 0 Å². The normalized spacial score (nSPS) is 10.5. The van der Waals surface area contributed by atoms with Crippen molar-refractivity contribution in [2.24, 2.45) is 0 Å². The van der Waals surface area contributed by atoms with Gasteiger partial charge in [0.1, 0.15) is 0 Å². The average Bonchev–Trinajstić information content (AvgIpc) is 2.55. The zero-order valence-electron chi connectivity index (χ0n) is 13.2. The highest BCUT2D eigenvalue weighted by molar-refractivity contribution is 7.98. The lowest BCUT2D eigenvalue weighted by Gasteiger charge is -2.10. The predicted molar refractivity (Wildman–Crippen MR) is 91.6 cm³/mol. The van der Waals surface area contributed by atoms with Crippen LogP contribution in [-0.4, -0.2) is 22.1 Å². The largest absolute Gasteiger partial charge is 0.322 e. The van der Waals surface area contributed by atoms with E-state index in [0.717, 1.165) is 30.6 Å². The Hall–Kier alpha value is -1.88. The number of carbonyl (C=O) groups excluding carboxylic acids is 1. The number of benzene rings is 1. The van der Waals surface area contributed by atoms with Crippen LogP contribution in [0.25, 0.3) is 0 Å². The topological polar surface area (TPSA) is 54.9 Å². The molecule has 1 heterocycles. The molecule has 0 bridgehead atoms. The number of amides is 1. The van der Waals surface area contributed by atoms with Gasteiger partial charge < -0.3 is 5.32 Å². The number of nitrogens with one attached hydrogen (secondary N) is 1. The summed E-state index contributed by atoms with van der Waals surface area (Å²) in [7, 11) is 0. The first-order valence-electron chi connectivity index (χ1n) is 7.48. The minimum Gasteiger partial charge on any atom is -0.322 e. The summed E-state index contributed by atoms with van der Waals surface area (Å²) in [4.78, 5) is 21.1. The van der Waals surface area contributed by atoms with Gasteiger partial charge in [0, 0.05) is 11.9 Å². The SMILES string of the molecule is CCCc1nc(SC)ncc1C(=O)Nc1ccc(CC)cc1. The fraction of sp³-hybridized carbons (Fsp3) is 0.353. The lowest BCUT2D eigenvalue weighted by atomic mass is 10.1. The Morgan fingerprint density at radius 2 is 1.95 bits per heavy atom. The van der Waals surface area contributed by atoms with Crippen molar-refractivity contribution in [3.05, 3.63) is 47.3 Å². The van der Waals surface area contributed by atoms with Gasteiger partial charge in [0.2, 0.25) is 0 Å². The second-order valence-electron chi connectivity index (χ2n) is 4.97. The number of aromatic nitrogens is 2. The van der Waals surface area contributed by atoms with Crippen LogP contribution in [0.5, 0.6) is 0 Å². The van der Waals surface area contributed by atoms with Crippen molar-refractivity contribution < 1.29 is 4.79 Å². The summed E-state index contributed by atoms with van der Waals surface area (Å²) in [6.07, 6.45) is 6.25. The Morgan fingerprint density at radius 1 is 1.23 bits per heavy atom. The number of hydrogen-bond donors (Lipinski definition) is 1. The predicted octanol–water partition coefficient (Wildman–Crippen LogP) is 3.97. The summed E-state index contributed by atoms with van der Waals surface area (Å²) >= 11 is 1.48. The molecule has 0 aliphatic rings. The molecule has 4 nitrogen and oxygen atoms in total. The Morgan fingerprint density at radius 3 is 2.55 bits per heavy atom. The fourth-order valence-electron chi connectivity index (χ4n) is 2.14. The molecular weight excluding hydrogens is 294 g/mol. The number of hydrogen-bond acceptors (Lipinski definition) is 4. The lowest BCUT2D eigenvalue weighted by molar-refractivity contribution is 0.102. The molecule has 1 N–H and O–H groups in total. The number of rotatable bonds is 6. The van der Waals surface area contributed by atoms with Crippen molar-refractivity contribution in [2.45, 2.75) is 38.3 Å². The van der Waals surface area contributed by atoms with E-state index >= 15 is 0 Å². The van der Waals surface area contributed by atoms with Gasteiger partial charge in [-0.15, -0.1) is 0 Å². The monoisotopic (exact) mass is 315 g/mol. The molecule has 0 unspecified atom stereocenters. The summed E-state index contributed by atoms with van der Waals surface area (Å²) in [6, 6.07) is 7.90. The average molecular weight is 315 g/mol. The zero-order chi connectivity index (χ0) is 15.9. The van der Waals surface area contributed by atoms with E-state index in [1.54, 1.807) is 6.20 Å². The van der Waals surface area contributed by atoms with Crippen LogP contribution in [0.15, 0.2) is 35.6 Å². The third-order valence-electron chi connectivity index (χ3n) is 3.38. The van der Waals surface area contributed by atoms with Crippen molar-refractivity contribution in [1.29, 1.82) is 0 Å². The highest BCUT2D eigenvalue weighted by Crippen LogP contribution is 2.16. The number of anilines is 1. The van der Waals surface area contributed by atoms with Crippen LogP contribution in [0.2, 0.25) is 0 Å². The van der Waals surface area contributed by atoms with E-state index in [2.05, 4.69) is 29.1 Å². The van der Waals surface area contributed by atoms with Gasteiger partial charge in [-0.3, -0.25) is 4.79 Å². The smallest absolute Gasteiger partial charge is 0.259 e. The summed E-state index contributed by atoms with van der Waals surface area (Å²) in [5.74, 6) is -0.152. The van der Waals surface area contributed by atoms with E-state index in [1.807, 2.05) is 30.5 Å². The molecule has 0 fully saturated rings. The maximum atomic E-state index is 12.5. The minimum atomic E-state index is -0.152. The maximum Gasteiger partial charge on any atom is 0.259 e. The van der Waals surface area contributed by atoms with Crippen molar-refractivity contribution in [3.63, 3.8) is 0 Å². The van der Waals surface area contributed by atoms with Gasteiger partial charge in [-0.25, -0.2) is 9.97 Å². The first-order valence-corrected chi connectivity index (χ1v) is 8.70. The second kappa shape index (κ2) is 7.94. The molecule has 1 aromatic carbocycles. The Kier molecular flexibility index (Phi) is 5.95. The third kappa shape index (κ3) is 4.07. The molecule has 0 atom stereocenters. The first-order chi connectivity index (χ1) is 10.7. The molecule has 2 aromatic rings. The third-order valence-corrected chi connectivity index (χ3v) is 3.94. The number of aryl methyl sites for hydroxylation is 2. The van der Waals surface area contributed by atoms with E-state index in [4.69, 9.17) is 0 Å². The summed E-state index contributed by atoms with van der Waals surface area (Å²) < 4.78 is 0. The molecule has 1 amide bonds. The quantitative estimate of drug-likeness (QED) is 0.647. The molecule has 0 saturated heterocycles. The van der Waals surface area contributed by atoms with Crippen molar-refractivity contribution in [1.82, 2.24) is 9.97 Å². The maximum absolute atomic E-state index is 12.5. The Labute approximate surface area is 135 Å². The van der Waals surface area contributed by atoms with Gasteiger partial charge in [0.05, 0.1) is 11.3 Å². The molecule has 2 rings (SSSR count). The fourth-order valence-corrected chi connectivity index (χ4v) is 2.50. The molecule has 22 heavy (non-hydrogen) atoms.